The van der Waals surface area contributed by atoms with Crippen molar-refractivity contribution in [3.63, 3.8) is 0 Å². The Morgan fingerprint density at radius 1 is 1.00 bits per heavy atom. The zero-order chi connectivity index (χ0) is 21.7. The molecular weight excluding hydrogens is 382 g/mol. The van der Waals surface area contributed by atoms with Crippen LogP contribution >= 0.6 is 0 Å². The molecule has 0 bridgehead atoms. The van der Waals surface area contributed by atoms with Crippen LogP contribution in [0.3, 0.4) is 0 Å². The first-order chi connectivity index (χ1) is 14.5. The van der Waals surface area contributed by atoms with E-state index in [0.29, 0.717) is 25.0 Å². The first kappa shape index (κ1) is 22.0. The number of nitrogens with one attached hydrogen (secondary N) is 1. The Morgan fingerprint density at radius 3 is 2.30 bits per heavy atom. The van der Waals surface area contributed by atoms with Gasteiger partial charge in [-0.05, 0) is 56.9 Å². The number of ether oxygens (including phenoxy) is 3. The molecule has 1 N–H and O–H groups in total. The Morgan fingerprint density at radius 2 is 1.70 bits per heavy atom. The van der Waals surface area contributed by atoms with E-state index in [1.807, 2.05) is 26.0 Å². The van der Waals surface area contributed by atoms with Gasteiger partial charge in [0.2, 0.25) is 5.95 Å². The number of fused-ring (bicyclic) bond motifs is 1. The van der Waals surface area contributed by atoms with Gasteiger partial charge in [0.25, 0.3) is 0 Å². The molecule has 162 valence electrons. The first-order valence-electron chi connectivity index (χ1n) is 10.1. The molecule has 0 aliphatic rings. The summed E-state index contributed by atoms with van der Waals surface area (Å²) in [5.41, 5.74) is 4.89. The van der Waals surface area contributed by atoms with Gasteiger partial charge in [-0.3, -0.25) is 0 Å². The Hall–Kier alpha value is -2.71. The summed E-state index contributed by atoms with van der Waals surface area (Å²) < 4.78 is 17.7. The van der Waals surface area contributed by atoms with Crippen LogP contribution in [0.15, 0.2) is 18.2 Å². The molecule has 0 fully saturated rings. The van der Waals surface area contributed by atoms with Crippen molar-refractivity contribution in [2.75, 3.05) is 39.9 Å². The highest BCUT2D eigenvalue weighted by Gasteiger charge is 2.20. The van der Waals surface area contributed by atoms with Gasteiger partial charge in [-0.25, -0.2) is 4.98 Å². The van der Waals surface area contributed by atoms with E-state index in [1.54, 1.807) is 25.8 Å². The van der Waals surface area contributed by atoms with Gasteiger partial charge in [0.05, 0.1) is 12.8 Å². The quantitative estimate of drug-likeness (QED) is 0.544. The Bertz CT molecular complexity index is 994. The standard InChI is InChI=1S/C22H31N5O3/c1-14-13-18(30-6)7-8-19(14)20-15(2)26-27-21(20)23-16(3)24-22(27)25-17(9-11-28-4)10-12-29-5/h7-8,13,17H,9-12H2,1-6H3,(H,23,24,25). The summed E-state index contributed by atoms with van der Waals surface area (Å²) >= 11 is 0. The van der Waals surface area contributed by atoms with Gasteiger partial charge in [0, 0.05) is 39.0 Å². The molecule has 2 aromatic heterocycles. The lowest BCUT2D eigenvalue weighted by Crippen LogP contribution is -2.25. The summed E-state index contributed by atoms with van der Waals surface area (Å²) in [5.74, 6) is 2.20. The molecule has 0 unspecified atom stereocenters. The number of hydrogen-bond donors (Lipinski definition) is 1. The molecule has 2 heterocycles. The normalized spacial score (nSPS) is 11.4. The van der Waals surface area contributed by atoms with Crippen molar-refractivity contribution in [2.24, 2.45) is 0 Å². The maximum absolute atomic E-state index is 5.35. The van der Waals surface area contributed by atoms with E-state index >= 15 is 0 Å². The van der Waals surface area contributed by atoms with Crippen molar-refractivity contribution in [2.45, 2.75) is 39.7 Å². The second kappa shape index (κ2) is 9.86. The molecule has 3 aromatic rings. The zero-order valence-corrected chi connectivity index (χ0v) is 18.7. The summed E-state index contributed by atoms with van der Waals surface area (Å²) in [6, 6.07) is 6.20. The van der Waals surface area contributed by atoms with Crippen LogP contribution in [0.25, 0.3) is 16.8 Å². The van der Waals surface area contributed by atoms with Crippen molar-refractivity contribution in [3.8, 4) is 16.9 Å². The van der Waals surface area contributed by atoms with Gasteiger partial charge in [0.1, 0.15) is 11.6 Å². The molecular formula is C22H31N5O3. The minimum Gasteiger partial charge on any atom is -0.497 e. The Kier molecular flexibility index (Phi) is 7.23. The average molecular weight is 414 g/mol. The molecule has 30 heavy (non-hydrogen) atoms. The molecule has 0 amide bonds. The minimum absolute atomic E-state index is 0.151. The maximum atomic E-state index is 5.35. The van der Waals surface area contributed by atoms with Gasteiger partial charge in [0.15, 0.2) is 5.65 Å². The van der Waals surface area contributed by atoms with Crippen LogP contribution in [-0.4, -0.2) is 60.2 Å². The molecule has 8 heteroatoms. The molecule has 0 spiro atoms. The molecule has 0 saturated carbocycles. The second-order valence-electron chi connectivity index (χ2n) is 7.38. The second-order valence-corrected chi connectivity index (χ2v) is 7.38. The molecule has 8 nitrogen and oxygen atoms in total. The Balaban J connectivity index is 2.05. The number of methoxy groups -OCH3 is 3. The highest BCUT2D eigenvalue weighted by Crippen LogP contribution is 2.33. The molecule has 0 atom stereocenters. The van der Waals surface area contributed by atoms with Crippen LogP contribution in [0, 0.1) is 20.8 Å². The average Bonchev–Trinajstić information content (AvgIpc) is 3.05. The number of anilines is 1. The summed E-state index contributed by atoms with van der Waals surface area (Å²) in [5, 5.41) is 8.29. The highest BCUT2D eigenvalue weighted by molar-refractivity contribution is 5.82. The molecule has 0 saturated heterocycles. The molecule has 0 radical (unpaired) electrons. The van der Waals surface area contributed by atoms with E-state index in [1.165, 1.54) is 0 Å². The fourth-order valence-electron chi connectivity index (χ4n) is 3.59. The van der Waals surface area contributed by atoms with E-state index in [0.717, 1.165) is 46.6 Å². The van der Waals surface area contributed by atoms with E-state index in [4.69, 9.17) is 24.3 Å². The van der Waals surface area contributed by atoms with Gasteiger partial charge >= 0.3 is 0 Å². The van der Waals surface area contributed by atoms with Gasteiger partial charge < -0.3 is 19.5 Å². The topological polar surface area (TPSA) is 82.8 Å². The SMILES string of the molecule is COCCC(CCOC)Nc1nc(C)nc2c(-c3ccc(OC)cc3C)c(C)nn12. The minimum atomic E-state index is 0.151. The molecule has 3 rings (SSSR count). The van der Waals surface area contributed by atoms with Gasteiger partial charge in [-0.15, -0.1) is 0 Å². The van der Waals surface area contributed by atoms with Crippen molar-refractivity contribution in [3.05, 3.63) is 35.3 Å². The van der Waals surface area contributed by atoms with Crippen molar-refractivity contribution < 1.29 is 14.2 Å². The fourth-order valence-corrected chi connectivity index (χ4v) is 3.59. The van der Waals surface area contributed by atoms with Crippen molar-refractivity contribution >= 4 is 11.6 Å². The third-order valence-electron chi connectivity index (χ3n) is 5.15. The molecule has 1 aromatic carbocycles. The lowest BCUT2D eigenvalue weighted by atomic mass is 10.0. The van der Waals surface area contributed by atoms with E-state index in [2.05, 4.69) is 23.3 Å². The molecule has 0 aliphatic carbocycles. The van der Waals surface area contributed by atoms with Crippen molar-refractivity contribution in [1.82, 2.24) is 19.6 Å². The maximum Gasteiger partial charge on any atom is 0.227 e. The van der Waals surface area contributed by atoms with E-state index < -0.39 is 0 Å². The van der Waals surface area contributed by atoms with Crippen LogP contribution in [0.1, 0.15) is 29.9 Å². The largest absolute Gasteiger partial charge is 0.497 e. The lowest BCUT2D eigenvalue weighted by molar-refractivity contribution is 0.167. The van der Waals surface area contributed by atoms with Crippen LogP contribution < -0.4 is 10.1 Å². The summed E-state index contributed by atoms with van der Waals surface area (Å²) in [7, 11) is 5.09. The predicted octanol–water partition coefficient (Wildman–Crippen LogP) is 3.58. The third-order valence-corrected chi connectivity index (χ3v) is 5.15. The Labute approximate surface area is 177 Å². The van der Waals surface area contributed by atoms with E-state index in [9.17, 15) is 0 Å². The van der Waals surface area contributed by atoms with Gasteiger partial charge in [-0.2, -0.15) is 14.6 Å². The highest BCUT2D eigenvalue weighted by atomic mass is 16.5. The number of hydrogen-bond acceptors (Lipinski definition) is 7. The fraction of sp³-hybridized carbons (Fsp3) is 0.500. The van der Waals surface area contributed by atoms with Crippen molar-refractivity contribution in [1.29, 1.82) is 0 Å². The number of nitrogens with zero attached hydrogens (tertiary/aromatic N) is 4. The number of rotatable bonds is 10. The third kappa shape index (κ3) is 4.71. The predicted molar refractivity (Wildman–Crippen MR) is 117 cm³/mol. The van der Waals surface area contributed by atoms with Crippen LogP contribution in [0.4, 0.5) is 5.95 Å². The number of aryl methyl sites for hydroxylation is 3. The molecule has 0 aliphatic heterocycles. The summed E-state index contributed by atoms with van der Waals surface area (Å²) in [6.45, 7) is 7.28. The van der Waals surface area contributed by atoms with E-state index in [-0.39, 0.29) is 6.04 Å². The smallest absolute Gasteiger partial charge is 0.227 e. The summed E-state index contributed by atoms with van der Waals surface area (Å²) in [6.07, 6.45) is 1.68. The summed E-state index contributed by atoms with van der Waals surface area (Å²) in [4.78, 5) is 9.35. The zero-order valence-electron chi connectivity index (χ0n) is 18.7. The van der Waals surface area contributed by atoms with Crippen LogP contribution in [0.2, 0.25) is 0 Å². The van der Waals surface area contributed by atoms with Crippen LogP contribution in [0.5, 0.6) is 5.75 Å². The lowest BCUT2D eigenvalue weighted by Gasteiger charge is -2.19. The number of aromatic nitrogens is 4. The van der Waals surface area contributed by atoms with Gasteiger partial charge in [-0.1, -0.05) is 6.07 Å². The number of benzene rings is 1. The van der Waals surface area contributed by atoms with Crippen LogP contribution in [-0.2, 0) is 9.47 Å². The monoisotopic (exact) mass is 413 g/mol. The first-order valence-corrected chi connectivity index (χ1v) is 10.1.